The lowest BCUT2D eigenvalue weighted by Crippen LogP contribution is -2.62. The Morgan fingerprint density at radius 2 is 1.82 bits per heavy atom. The molecule has 3 N–H and O–H groups in total. The zero-order valence-electron chi connectivity index (χ0n) is 39.8. The number of aromatic nitrogens is 2. The van der Waals surface area contributed by atoms with E-state index in [0.29, 0.717) is 50.9 Å². The molecular weight excluding hydrogens is 841 g/mol. The summed E-state index contributed by atoms with van der Waals surface area (Å²) in [5.41, 5.74) is 9.75. The Labute approximate surface area is 387 Å². The number of phenols is 1. The van der Waals surface area contributed by atoms with Gasteiger partial charge in [0.25, 0.3) is 5.91 Å². The van der Waals surface area contributed by atoms with Gasteiger partial charge in [0.2, 0.25) is 11.8 Å². The van der Waals surface area contributed by atoms with Crippen LogP contribution in [0, 0.1) is 17.3 Å². The van der Waals surface area contributed by atoms with Crippen molar-refractivity contribution in [2.75, 3.05) is 54.5 Å². The number of aryl methyl sites for hydroxylation is 1. The van der Waals surface area contributed by atoms with Crippen molar-refractivity contribution in [3.05, 3.63) is 71.5 Å². The van der Waals surface area contributed by atoms with Gasteiger partial charge in [-0.25, -0.2) is 10.2 Å². The van der Waals surface area contributed by atoms with Gasteiger partial charge in [-0.1, -0.05) is 39.8 Å². The van der Waals surface area contributed by atoms with E-state index in [4.69, 9.17) is 9.47 Å². The number of carbonyl (C=O) groups is 5. The molecule has 7 rings (SSSR count). The van der Waals surface area contributed by atoms with E-state index in [2.05, 4.69) is 53.2 Å². The average Bonchev–Trinajstić information content (AvgIpc) is 3.89. The van der Waals surface area contributed by atoms with Crippen LogP contribution in [0.5, 0.6) is 5.75 Å². The first kappa shape index (κ1) is 47.9. The van der Waals surface area contributed by atoms with E-state index in [1.807, 2.05) is 38.2 Å². The largest absolute Gasteiger partial charge is 0.508 e. The first-order valence-electron chi connectivity index (χ1n) is 23.1. The van der Waals surface area contributed by atoms with Crippen LogP contribution in [-0.2, 0) is 54.6 Å². The van der Waals surface area contributed by atoms with Crippen molar-refractivity contribution in [3.8, 4) is 28.1 Å². The summed E-state index contributed by atoms with van der Waals surface area (Å²) in [5.74, 6) is -2.57. The highest BCUT2D eigenvalue weighted by Gasteiger charge is 2.40. The molecule has 3 aliphatic rings. The lowest BCUT2D eigenvalue weighted by molar-refractivity contribution is -0.155. The number of cyclic esters (lactones) is 1. The predicted octanol–water partition coefficient (Wildman–Crippen LogP) is 5.38. The summed E-state index contributed by atoms with van der Waals surface area (Å²) in [6.45, 7) is 12.1. The molecule has 1 unspecified atom stereocenters. The summed E-state index contributed by atoms with van der Waals surface area (Å²) in [6, 6.07) is 10.3. The Kier molecular flexibility index (Phi) is 14.4. The van der Waals surface area contributed by atoms with Crippen molar-refractivity contribution in [1.82, 2.24) is 40.0 Å². The Bertz CT molecular complexity index is 2480. The highest BCUT2D eigenvalue weighted by Crippen LogP contribution is 2.41. The van der Waals surface area contributed by atoms with E-state index in [-0.39, 0.29) is 49.7 Å². The number of rotatable bonds is 9. The van der Waals surface area contributed by atoms with Crippen molar-refractivity contribution in [3.63, 3.8) is 0 Å². The Hall–Kier alpha value is -6.00. The minimum atomic E-state index is -1.16. The maximum absolute atomic E-state index is 14.7. The molecular formula is C50H66N8O8. The number of hydrogen-bond acceptors (Lipinski definition) is 10. The number of amides is 5. The second-order valence-electron chi connectivity index (χ2n) is 19.4. The molecule has 16 nitrogen and oxygen atoms in total. The van der Waals surface area contributed by atoms with Gasteiger partial charge in [-0.2, -0.15) is 0 Å². The van der Waals surface area contributed by atoms with Crippen molar-refractivity contribution < 1.29 is 38.6 Å². The molecule has 2 aromatic heterocycles. The second kappa shape index (κ2) is 19.8. The first-order valence-corrected chi connectivity index (χ1v) is 23.1. The molecule has 0 spiro atoms. The molecule has 3 aliphatic heterocycles. The lowest BCUT2D eigenvalue weighted by Gasteiger charge is -2.37. The minimum absolute atomic E-state index is 0.00665. The van der Waals surface area contributed by atoms with E-state index in [0.717, 1.165) is 44.4 Å². The van der Waals surface area contributed by atoms with Gasteiger partial charge < -0.3 is 39.2 Å². The number of pyridine rings is 1. The van der Waals surface area contributed by atoms with Crippen molar-refractivity contribution in [2.45, 2.75) is 98.0 Å². The highest BCUT2D eigenvalue weighted by molar-refractivity contribution is 5.96. The Morgan fingerprint density at radius 1 is 1.05 bits per heavy atom. The number of urea groups is 1. The molecule has 2 saturated heterocycles. The first-order chi connectivity index (χ1) is 31.4. The number of benzene rings is 2. The number of hydrazine groups is 1. The van der Waals surface area contributed by atoms with Crippen LogP contribution < -0.4 is 10.7 Å². The van der Waals surface area contributed by atoms with E-state index in [1.165, 1.54) is 14.8 Å². The monoisotopic (exact) mass is 907 g/mol. The fourth-order valence-electron chi connectivity index (χ4n) is 9.96. The third-order valence-corrected chi connectivity index (χ3v) is 13.2. The van der Waals surface area contributed by atoms with Gasteiger partial charge in [0.05, 0.1) is 24.8 Å². The number of phenolic OH excluding ortho intramolecular Hbond substituents is 1. The van der Waals surface area contributed by atoms with Crippen LogP contribution in [0.15, 0.2) is 54.9 Å². The van der Waals surface area contributed by atoms with Crippen LogP contribution in [0.4, 0.5) is 4.79 Å². The van der Waals surface area contributed by atoms with E-state index < -0.39 is 47.2 Å². The third-order valence-electron chi connectivity index (χ3n) is 13.2. The molecule has 2 fully saturated rings. The van der Waals surface area contributed by atoms with Gasteiger partial charge in [-0.3, -0.25) is 29.2 Å². The molecule has 0 aliphatic carbocycles. The third kappa shape index (κ3) is 10.0. The van der Waals surface area contributed by atoms with E-state index in [9.17, 15) is 29.1 Å². The molecule has 66 heavy (non-hydrogen) atoms. The fourth-order valence-corrected chi connectivity index (χ4v) is 9.96. The molecule has 5 amide bonds. The van der Waals surface area contributed by atoms with Gasteiger partial charge in [0.1, 0.15) is 23.9 Å². The molecule has 6 bridgehead atoms. The predicted molar refractivity (Wildman–Crippen MR) is 251 cm³/mol. The van der Waals surface area contributed by atoms with Crippen LogP contribution in [0.2, 0.25) is 0 Å². The Balaban J connectivity index is 1.29. The number of methoxy groups -OCH3 is 1. The minimum Gasteiger partial charge on any atom is -0.508 e. The number of esters is 1. The second-order valence-corrected chi connectivity index (χ2v) is 19.4. The Morgan fingerprint density at radius 3 is 2.53 bits per heavy atom. The van der Waals surface area contributed by atoms with Crippen molar-refractivity contribution in [2.24, 2.45) is 17.3 Å². The number of nitrogens with zero attached hydrogens (tertiary/aromatic N) is 6. The molecule has 16 heteroatoms. The molecule has 5 heterocycles. The van der Waals surface area contributed by atoms with Crippen LogP contribution in [0.3, 0.4) is 0 Å². The number of aromatic hydroxyl groups is 1. The molecule has 4 atom stereocenters. The van der Waals surface area contributed by atoms with Crippen LogP contribution in [-0.4, -0.2) is 137 Å². The van der Waals surface area contributed by atoms with Gasteiger partial charge in [0.15, 0.2) is 0 Å². The topological polar surface area (TPSA) is 179 Å². The summed E-state index contributed by atoms with van der Waals surface area (Å²) >= 11 is 0. The maximum atomic E-state index is 14.7. The molecule has 354 valence electrons. The van der Waals surface area contributed by atoms with Gasteiger partial charge in [-0.05, 0) is 96.7 Å². The number of nitrogens with one attached hydrogen (secondary N) is 2. The normalized spacial score (nSPS) is 20.5. The quantitative estimate of drug-likeness (QED) is 0.185. The van der Waals surface area contributed by atoms with Crippen LogP contribution >= 0.6 is 0 Å². The standard InChI is InChI=1S/C50H66N8O8/c1-10-57-42-14-13-32-24-37(42)38(44(57)39-26-51-17-15-34(39)28-65-9)25-50(4,5)29-66-48(63)40-12-11-18-58(53-40)47(62)41(22-31-20-35(32)23-36(59)21-31)52-45(60)43(30(2)3)55(8)46(61)33-16-19-56(27-33)49(64)54(6)7/h13-15,17,20-21,23-24,26,30,33,40-41,43,53,59H,10-12,16,18-19,22,25,27-29H2,1-9H3,(H,52,60)/t33?,40-,41-,43-/m0/s1. The molecule has 0 radical (unpaired) electrons. The van der Waals surface area contributed by atoms with E-state index >= 15 is 0 Å². The number of likely N-dealkylation sites (N-methyl/N-ethyl adjacent to an activating group) is 1. The van der Waals surface area contributed by atoms with Crippen LogP contribution in [0.25, 0.3) is 33.3 Å². The number of likely N-dealkylation sites (tertiary alicyclic amines) is 1. The van der Waals surface area contributed by atoms with Crippen LogP contribution in [0.1, 0.15) is 70.6 Å². The summed E-state index contributed by atoms with van der Waals surface area (Å²) in [4.78, 5) is 78.9. The van der Waals surface area contributed by atoms with Gasteiger partial charge in [0, 0.05) is 95.1 Å². The summed E-state index contributed by atoms with van der Waals surface area (Å²) in [5, 5.41) is 16.7. The van der Waals surface area contributed by atoms with Gasteiger partial charge >= 0.3 is 12.0 Å². The summed E-state index contributed by atoms with van der Waals surface area (Å²) < 4.78 is 14.0. The molecule has 0 saturated carbocycles. The zero-order valence-corrected chi connectivity index (χ0v) is 39.8. The summed E-state index contributed by atoms with van der Waals surface area (Å²) in [6.07, 6.45) is 5.60. The molecule has 2 aromatic carbocycles. The maximum Gasteiger partial charge on any atom is 0.324 e. The number of hydrogen-bond donors (Lipinski definition) is 3. The number of ether oxygens (including phenoxy) is 2. The molecule has 4 aromatic rings. The number of carbonyl (C=O) groups excluding carboxylic acids is 5. The number of fused-ring (bicyclic) bond motifs is 6. The van der Waals surface area contributed by atoms with Crippen molar-refractivity contribution in [1.29, 1.82) is 0 Å². The van der Waals surface area contributed by atoms with E-state index in [1.54, 1.807) is 51.5 Å². The highest BCUT2D eigenvalue weighted by atomic mass is 16.5. The zero-order chi connectivity index (χ0) is 47.6. The fraction of sp³-hybridized carbons (Fsp3) is 0.520. The summed E-state index contributed by atoms with van der Waals surface area (Å²) in [7, 11) is 6.60. The van der Waals surface area contributed by atoms with Gasteiger partial charge in [-0.15, -0.1) is 0 Å². The average molecular weight is 907 g/mol. The smallest absolute Gasteiger partial charge is 0.324 e. The van der Waals surface area contributed by atoms with Crippen molar-refractivity contribution >= 4 is 40.6 Å². The lowest BCUT2D eigenvalue weighted by atomic mass is 9.84. The SMILES string of the molecule is CCn1c(-c2cnccc2COC)c2c3cc(ccc31)-c1cc(O)cc(c1)C[C@H](NC(=O)[C@H](C(C)C)N(C)C(=O)C1CCN(C(=O)N(C)C)C1)C(=O)N1CCC[C@H](N1)C(=O)OCC(C)(C)C2.